The van der Waals surface area contributed by atoms with Crippen molar-refractivity contribution < 1.29 is 10.2 Å². The molecule has 90 valence electrons. The Kier molecular flexibility index (Phi) is 3.94. The Morgan fingerprint density at radius 3 is 2.56 bits per heavy atom. The fourth-order valence-electron chi connectivity index (χ4n) is 1.53. The van der Waals surface area contributed by atoms with E-state index >= 15 is 0 Å². The molecule has 1 rings (SSSR count). The molecule has 0 bridgehead atoms. The molecule has 1 unspecified atom stereocenters. The molecule has 1 aromatic rings. The van der Waals surface area contributed by atoms with Gasteiger partial charge in [0.25, 0.3) is 0 Å². The van der Waals surface area contributed by atoms with Gasteiger partial charge < -0.3 is 15.5 Å². The quantitative estimate of drug-likeness (QED) is 0.733. The maximum Gasteiger partial charge on any atom is 0.120 e. The highest BCUT2D eigenvalue weighted by atomic mass is 16.3. The average Bonchev–Trinajstić information content (AvgIpc) is 2.17. The molecule has 0 spiro atoms. The van der Waals surface area contributed by atoms with Gasteiger partial charge in [-0.25, -0.2) is 0 Å². The third-order valence-corrected chi connectivity index (χ3v) is 2.49. The molecular formula is C13H21NO2. The van der Waals surface area contributed by atoms with E-state index in [1.165, 1.54) is 0 Å². The molecule has 0 aliphatic carbocycles. The molecule has 1 aromatic carbocycles. The van der Waals surface area contributed by atoms with Gasteiger partial charge >= 0.3 is 0 Å². The molecule has 0 fully saturated rings. The highest BCUT2D eigenvalue weighted by Crippen LogP contribution is 2.25. The van der Waals surface area contributed by atoms with Gasteiger partial charge in [0.15, 0.2) is 0 Å². The number of rotatable bonds is 4. The van der Waals surface area contributed by atoms with Crippen LogP contribution in [0.5, 0.6) is 5.75 Å². The molecular weight excluding hydrogens is 202 g/mol. The van der Waals surface area contributed by atoms with Crippen LogP contribution in [0.3, 0.4) is 0 Å². The van der Waals surface area contributed by atoms with Crippen LogP contribution >= 0.6 is 0 Å². The Labute approximate surface area is 97.1 Å². The van der Waals surface area contributed by atoms with Gasteiger partial charge in [-0.05, 0) is 33.8 Å². The van der Waals surface area contributed by atoms with Crippen molar-refractivity contribution in [2.75, 3.05) is 6.54 Å². The summed E-state index contributed by atoms with van der Waals surface area (Å²) in [7, 11) is 0. The number of aromatic hydroxyl groups is 1. The van der Waals surface area contributed by atoms with E-state index in [4.69, 9.17) is 0 Å². The first-order chi connectivity index (χ1) is 7.29. The molecule has 0 saturated heterocycles. The second kappa shape index (κ2) is 4.85. The van der Waals surface area contributed by atoms with E-state index in [1.807, 2.05) is 26.0 Å². The number of nitrogens with one attached hydrogen (secondary N) is 1. The lowest BCUT2D eigenvalue weighted by atomic mass is 10.0. The van der Waals surface area contributed by atoms with Gasteiger partial charge in [0.1, 0.15) is 5.75 Å². The van der Waals surface area contributed by atoms with Crippen molar-refractivity contribution in [2.24, 2.45) is 0 Å². The van der Waals surface area contributed by atoms with Gasteiger partial charge in [-0.1, -0.05) is 17.7 Å². The van der Waals surface area contributed by atoms with Crippen molar-refractivity contribution in [1.29, 1.82) is 0 Å². The summed E-state index contributed by atoms with van der Waals surface area (Å²) in [5.74, 6) is 0.293. The number of aryl methyl sites for hydroxylation is 1. The molecule has 0 aliphatic heterocycles. The lowest BCUT2D eigenvalue weighted by Crippen LogP contribution is -2.36. The minimum Gasteiger partial charge on any atom is -0.508 e. The van der Waals surface area contributed by atoms with Crippen LogP contribution in [0.4, 0.5) is 0 Å². The zero-order valence-corrected chi connectivity index (χ0v) is 10.4. The molecule has 16 heavy (non-hydrogen) atoms. The summed E-state index contributed by atoms with van der Waals surface area (Å²) in [6.45, 7) is 7.96. The molecule has 3 N–H and O–H groups in total. The van der Waals surface area contributed by atoms with Crippen LogP contribution in [0.25, 0.3) is 0 Å². The van der Waals surface area contributed by atoms with E-state index in [2.05, 4.69) is 5.32 Å². The summed E-state index contributed by atoms with van der Waals surface area (Å²) in [6.07, 6.45) is 0. The van der Waals surface area contributed by atoms with Crippen molar-refractivity contribution >= 4 is 0 Å². The Bertz CT molecular complexity index is 355. The van der Waals surface area contributed by atoms with Crippen LogP contribution in [0.2, 0.25) is 0 Å². The number of phenols is 1. The van der Waals surface area contributed by atoms with Crippen molar-refractivity contribution in [3.05, 3.63) is 29.3 Å². The van der Waals surface area contributed by atoms with Crippen LogP contribution in [0.1, 0.15) is 37.9 Å². The normalized spacial score (nSPS) is 13.8. The molecule has 1 atom stereocenters. The monoisotopic (exact) mass is 223 g/mol. The van der Waals surface area contributed by atoms with E-state index in [9.17, 15) is 10.2 Å². The van der Waals surface area contributed by atoms with Crippen molar-refractivity contribution in [3.8, 4) is 5.75 Å². The zero-order chi connectivity index (χ0) is 12.3. The molecule has 0 amide bonds. The third kappa shape index (κ3) is 3.83. The molecule has 3 heteroatoms. The van der Waals surface area contributed by atoms with Crippen molar-refractivity contribution in [2.45, 2.75) is 39.3 Å². The van der Waals surface area contributed by atoms with E-state index in [0.717, 1.165) is 11.1 Å². The summed E-state index contributed by atoms with van der Waals surface area (Å²) in [5, 5.41) is 22.5. The SMILES string of the molecule is Cc1ccc(O)c(C(C)NCC(C)(C)O)c1. The summed E-state index contributed by atoms with van der Waals surface area (Å²) >= 11 is 0. The Hall–Kier alpha value is -1.06. The fourth-order valence-corrected chi connectivity index (χ4v) is 1.53. The Balaban J connectivity index is 2.73. The van der Waals surface area contributed by atoms with Crippen LogP contribution in [0.15, 0.2) is 18.2 Å². The number of hydrogen-bond donors (Lipinski definition) is 3. The van der Waals surface area contributed by atoms with E-state index in [1.54, 1.807) is 19.9 Å². The van der Waals surface area contributed by atoms with Gasteiger partial charge in [-0.2, -0.15) is 0 Å². The Morgan fingerprint density at radius 2 is 2.00 bits per heavy atom. The fraction of sp³-hybridized carbons (Fsp3) is 0.538. The van der Waals surface area contributed by atoms with E-state index < -0.39 is 5.60 Å². The summed E-state index contributed by atoms with van der Waals surface area (Å²) in [4.78, 5) is 0. The summed E-state index contributed by atoms with van der Waals surface area (Å²) in [6, 6.07) is 5.55. The van der Waals surface area contributed by atoms with Crippen molar-refractivity contribution in [1.82, 2.24) is 5.32 Å². The number of phenolic OH excluding ortho intramolecular Hbond substituents is 1. The summed E-state index contributed by atoms with van der Waals surface area (Å²) < 4.78 is 0. The summed E-state index contributed by atoms with van der Waals surface area (Å²) in [5.41, 5.74) is 1.24. The molecule has 0 radical (unpaired) electrons. The highest BCUT2D eigenvalue weighted by Gasteiger charge is 2.16. The highest BCUT2D eigenvalue weighted by molar-refractivity contribution is 5.37. The number of aliphatic hydroxyl groups is 1. The largest absolute Gasteiger partial charge is 0.508 e. The standard InChI is InChI=1S/C13H21NO2/c1-9-5-6-12(15)11(7-9)10(2)14-8-13(3,4)16/h5-7,10,14-16H,8H2,1-4H3. The zero-order valence-electron chi connectivity index (χ0n) is 10.4. The van der Waals surface area contributed by atoms with Gasteiger partial charge in [0, 0.05) is 18.2 Å². The first-order valence-electron chi connectivity index (χ1n) is 5.55. The van der Waals surface area contributed by atoms with Crippen LogP contribution < -0.4 is 5.32 Å². The van der Waals surface area contributed by atoms with Crippen LogP contribution in [-0.2, 0) is 0 Å². The lowest BCUT2D eigenvalue weighted by Gasteiger charge is -2.22. The second-order valence-corrected chi connectivity index (χ2v) is 4.98. The van der Waals surface area contributed by atoms with E-state index in [-0.39, 0.29) is 6.04 Å². The molecule has 0 heterocycles. The molecule has 0 aromatic heterocycles. The third-order valence-electron chi connectivity index (χ3n) is 2.49. The molecule has 0 saturated carbocycles. The smallest absolute Gasteiger partial charge is 0.120 e. The minimum atomic E-state index is -0.742. The predicted octanol–water partition coefficient (Wildman–Crippen LogP) is 2.12. The topological polar surface area (TPSA) is 52.5 Å². The maximum atomic E-state index is 9.73. The van der Waals surface area contributed by atoms with Gasteiger partial charge in [-0.3, -0.25) is 0 Å². The number of benzene rings is 1. The van der Waals surface area contributed by atoms with Gasteiger partial charge in [-0.15, -0.1) is 0 Å². The van der Waals surface area contributed by atoms with Crippen LogP contribution in [-0.4, -0.2) is 22.4 Å². The number of hydrogen-bond acceptors (Lipinski definition) is 3. The molecule has 0 aliphatic rings. The lowest BCUT2D eigenvalue weighted by molar-refractivity contribution is 0.0769. The van der Waals surface area contributed by atoms with Crippen LogP contribution in [0, 0.1) is 6.92 Å². The van der Waals surface area contributed by atoms with Gasteiger partial charge in [0.05, 0.1) is 5.60 Å². The molecule has 3 nitrogen and oxygen atoms in total. The predicted molar refractivity (Wildman–Crippen MR) is 65.6 cm³/mol. The van der Waals surface area contributed by atoms with Crippen molar-refractivity contribution in [3.63, 3.8) is 0 Å². The second-order valence-electron chi connectivity index (χ2n) is 4.98. The average molecular weight is 223 g/mol. The van der Waals surface area contributed by atoms with E-state index in [0.29, 0.717) is 12.3 Å². The first-order valence-corrected chi connectivity index (χ1v) is 5.55. The maximum absolute atomic E-state index is 9.73. The minimum absolute atomic E-state index is 0.0197. The van der Waals surface area contributed by atoms with Gasteiger partial charge in [0.2, 0.25) is 0 Å². The first kappa shape index (κ1) is 13.0. The Morgan fingerprint density at radius 1 is 1.38 bits per heavy atom.